The summed E-state index contributed by atoms with van der Waals surface area (Å²) in [6, 6.07) is 9.97. The molecule has 0 bridgehead atoms. The first kappa shape index (κ1) is 43.1. The van der Waals surface area contributed by atoms with E-state index in [-0.39, 0.29) is 42.1 Å². The molecule has 0 radical (unpaired) electrons. The largest absolute Gasteiger partial charge is 0.495 e. The van der Waals surface area contributed by atoms with Crippen LogP contribution >= 0.6 is 0 Å². The Hall–Kier alpha value is -6.05. The molecule has 2 aromatic carbocycles. The number of rotatable bonds is 16. The van der Waals surface area contributed by atoms with E-state index in [0.717, 1.165) is 55.7 Å². The topological polar surface area (TPSA) is 179 Å². The fourth-order valence-electron chi connectivity index (χ4n) is 8.52. The number of likely N-dealkylation sites (N-methyl/N-ethyl adjacent to an activating group) is 2. The number of fused-ring (bicyclic) bond motifs is 2. The highest BCUT2D eigenvalue weighted by Crippen LogP contribution is 2.40. The molecule has 16 nitrogen and oxygen atoms in total. The zero-order chi connectivity index (χ0) is 43.0. The van der Waals surface area contributed by atoms with Crippen molar-refractivity contribution >= 4 is 52.7 Å². The Bertz CT molecular complexity index is 2220. The van der Waals surface area contributed by atoms with Crippen LogP contribution in [0.2, 0.25) is 0 Å². The average molecular weight is 834 g/mol. The van der Waals surface area contributed by atoms with E-state index < -0.39 is 11.9 Å². The standard InChI is InChI=1S/C45H55N9O7/c1-5-35-44(59)52(3)37-27-47-45(50-40(37)54(35)31-14-6-7-15-31)48-34-18-17-30(26-38(34)60-4)41(56)46-21-11-24-61-25-23-51(2)22-9-8-12-29-13-10-16-32-33(29)28-53(43(32)58)36-19-20-39(55)49-42(36)57/h10,13,16-18,26-27,31,35-36H,5-7,9,11,14-15,19-25,28H2,1-4H3,(H,46,56)(H,47,48,50)(H,49,55,57)/t35-,36?/m1/s1. The number of aromatic nitrogens is 2. The maximum Gasteiger partial charge on any atom is 0.255 e. The van der Waals surface area contributed by atoms with E-state index in [1.54, 1.807) is 55.6 Å². The Morgan fingerprint density at radius 1 is 1.07 bits per heavy atom. The zero-order valence-electron chi connectivity index (χ0n) is 35.4. The first-order valence-corrected chi connectivity index (χ1v) is 21.3. The van der Waals surface area contributed by atoms with Crippen molar-refractivity contribution in [3.63, 3.8) is 0 Å². The predicted octanol–water partition coefficient (Wildman–Crippen LogP) is 4.00. The van der Waals surface area contributed by atoms with E-state index in [1.165, 1.54) is 4.90 Å². The van der Waals surface area contributed by atoms with Crippen LogP contribution in [-0.4, -0.2) is 121 Å². The number of anilines is 4. The Morgan fingerprint density at radius 3 is 2.66 bits per heavy atom. The highest BCUT2D eigenvalue weighted by molar-refractivity contribution is 6.06. The molecule has 3 aliphatic heterocycles. The number of hydrogen-bond donors (Lipinski definition) is 3. The van der Waals surface area contributed by atoms with Crippen LogP contribution in [0.4, 0.5) is 23.1 Å². The molecule has 2 atom stereocenters. The fourth-order valence-corrected chi connectivity index (χ4v) is 8.52. The molecule has 1 aromatic heterocycles. The molecular weight excluding hydrogens is 779 g/mol. The smallest absolute Gasteiger partial charge is 0.255 e. The summed E-state index contributed by atoms with van der Waals surface area (Å²) < 4.78 is 11.5. The summed E-state index contributed by atoms with van der Waals surface area (Å²) in [6.07, 6.45) is 8.53. The molecule has 2 fully saturated rings. The maximum absolute atomic E-state index is 13.3. The van der Waals surface area contributed by atoms with Crippen molar-refractivity contribution in [2.24, 2.45) is 0 Å². The molecule has 1 aliphatic carbocycles. The van der Waals surface area contributed by atoms with Gasteiger partial charge in [0.15, 0.2) is 5.82 Å². The number of methoxy groups -OCH3 is 1. The number of nitrogens with one attached hydrogen (secondary N) is 3. The molecule has 3 aromatic rings. The van der Waals surface area contributed by atoms with Gasteiger partial charge in [-0.2, -0.15) is 4.98 Å². The van der Waals surface area contributed by atoms with Crippen molar-refractivity contribution < 1.29 is 33.4 Å². The third-order valence-electron chi connectivity index (χ3n) is 11.9. The van der Waals surface area contributed by atoms with E-state index in [9.17, 15) is 24.0 Å². The lowest BCUT2D eigenvalue weighted by molar-refractivity contribution is -0.137. The van der Waals surface area contributed by atoms with Gasteiger partial charge in [-0.25, -0.2) is 4.98 Å². The van der Waals surface area contributed by atoms with Crippen LogP contribution in [0.1, 0.15) is 96.6 Å². The van der Waals surface area contributed by atoms with Gasteiger partial charge in [0.1, 0.15) is 23.5 Å². The normalized spacial score (nSPS) is 18.8. The summed E-state index contributed by atoms with van der Waals surface area (Å²) in [5.41, 5.74) is 3.90. The lowest BCUT2D eigenvalue weighted by Gasteiger charge is -2.43. The van der Waals surface area contributed by atoms with Crippen molar-refractivity contribution in [2.45, 2.75) is 89.4 Å². The highest BCUT2D eigenvalue weighted by Gasteiger charge is 2.42. The van der Waals surface area contributed by atoms with Crippen LogP contribution in [0.15, 0.2) is 42.6 Å². The van der Waals surface area contributed by atoms with Crippen molar-refractivity contribution in [1.29, 1.82) is 0 Å². The molecule has 4 heterocycles. The molecular formula is C45H55N9O7. The molecule has 3 N–H and O–H groups in total. The third-order valence-corrected chi connectivity index (χ3v) is 11.9. The maximum atomic E-state index is 13.3. The molecule has 61 heavy (non-hydrogen) atoms. The second-order valence-corrected chi connectivity index (χ2v) is 15.9. The van der Waals surface area contributed by atoms with Crippen molar-refractivity contribution in [2.75, 3.05) is 69.2 Å². The lowest BCUT2D eigenvalue weighted by atomic mass is 10.0. The molecule has 0 spiro atoms. The minimum Gasteiger partial charge on any atom is -0.495 e. The van der Waals surface area contributed by atoms with Gasteiger partial charge in [-0.3, -0.25) is 29.3 Å². The van der Waals surface area contributed by atoms with Gasteiger partial charge in [-0.05, 0) is 75.0 Å². The molecule has 4 aliphatic rings. The monoisotopic (exact) mass is 833 g/mol. The Balaban J connectivity index is 0.822. The summed E-state index contributed by atoms with van der Waals surface area (Å²) in [5.74, 6) is 6.92. The van der Waals surface area contributed by atoms with Crippen molar-refractivity contribution in [1.82, 2.24) is 30.4 Å². The number of imide groups is 1. The molecule has 1 unspecified atom stereocenters. The zero-order valence-corrected chi connectivity index (χ0v) is 35.4. The van der Waals surface area contributed by atoms with Gasteiger partial charge < -0.3 is 39.7 Å². The highest BCUT2D eigenvalue weighted by atomic mass is 16.5. The first-order chi connectivity index (χ1) is 29.6. The molecule has 5 amide bonds. The van der Waals surface area contributed by atoms with Crippen LogP contribution in [0.3, 0.4) is 0 Å². The SMILES string of the molecule is CC[C@@H]1C(=O)N(C)c2cnc(Nc3ccc(C(=O)NCCCOCCN(C)CCC#Cc4cccc5c4CN(C4CCC(=O)NC4=O)C5=O)cc3OC)nc2N1C1CCCC1. The average Bonchev–Trinajstić information content (AvgIpc) is 3.91. The van der Waals surface area contributed by atoms with Gasteiger partial charge in [0, 0.05) is 75.4 Å². The van der Waals surface area contributed by atoms with Crippen LogP contribution in [0.25, 0.3) is 0 Å². The van der Waals surface area contributed by atoms with E-state index >= 15 is 0 Å². The summed E-state index contributed by atoms with van der Waals surface area (Å²) in [5, 5.41) is 8.56. The summed E-state index contributed by atoms with van der Waals surface area (Å²) in [7, 11) is 5.33. The first-order valence-electron chi connectivity index (χ1n) is 21.3. The van der Waals surface area contributed by atoms with Crippen LogP contribution in [0.5, 0.6) is 5.75 Å². The number of carbonyl (C=O) groups is 5. The van der Waals surface area contributed by atoms with Crippen molar-refractivity contribution in [3.8, 4) is 17.6 Å². The minimum atomic E-state index is -0.657. The second-order valence-electron chi connectivity index (χ2n) is 15.9. The van der Waals surface area contributed by atoms with E-state index in [1.807, 2.05) is 20.0 Å². The van der Waals surface area contributed by atoms with E-state index in [4.69, 9.17) is 14.5 Å². The van der Waals surface area contributed by atoms with Crippen LogP contribution in [-0.2, 0) is 25.7 Å². The van der Waals surface area contributed by atoms with Gasteiger partial charge in [0.05, 0.1) is 25.6 Å². The summed E-state index contributed by atoms with van der Waals surface area (Å²) >= 11 is 0. The quantitative estimate of drug-likeness (QED) is 0.108. The van der Waals surface area contributed by atoms with Gasteiger partial charge in [-0.1, -0.05) is 37.7 Å². The van der Waals surface area contributed by atoms with Crippen LogP contribution < -0.4 is 30.5 Å². The third kappa shape index (κ3) is 9.63. The number of amides is 5. The molecule has 1 saturated carbocycles. The lowest BCUT2D eigenvalue weighted by Crippen LogP contribution is -2.55. The predicted molar refractivity (Wildman–Crippen MR) is 230 cm³/mol. The molecule has 16 heteroatoms. The van der Waals surface area contributed by atoms with E-state index in [2.05, 4.69) is 42.6 Å². The number of carbonyl (C=O) groups excluding carboxylic acids is 5. The number of hydrogen-bond acceptors (Lipinski definition) is 12. The van der Waals surface area contributed by atoms with E-state index in [0.29, 0.717) is 86.2 Å². The van der Waals surface area contributed by atoms with Gasteiger partial charge in [-0.15, -0.1) is 0 Å². The van der Waals surface area contributed by atoms with Gasteiger partial charge in [0.2, 0.25) is 23.7 Å². The Kier molecular flexibility index (Phi) is 13.8. The molecule has 322 valence electrons. The second kappa shape index (κ2) is 19.6. The summed E-state index contributed by atoms with van der Waals surface area (Å²) in [6.45, 7) is 5.26. The van der Waals surface area contributed by atoms with Crippen LogP contribution in [0, 0.1) is 11.8 Å². The number of nitrogens with zero attached hydrogens (tertiary/aromatic N) is 6. The molecule has 7 rings (SSSR count). The van der Waals surface area contributed by atoms with Gasteiger partial charge in [0.25, 0.3) is 11.8 Å². The Labute approximate surface area is 356 Å². The number of benzene rings is 2. The Morgan fingerprint density at radius 2 is 1.89 bits per heavy atom. The summed E-state index contributed by atoms with van der Waals surface area (Å²) in [4.78, 5) is 80.4. The number of piperidine rings is 1. The minimum absolute atomic E-state index is 0.0620. The fraction of sp³-hybridized carbons (Fsp3) is 0.489. The van der Waals surface area contributed by atoms with Crippen molar-refractivity contribution in [3.05, 3.63) is 64.8 Å². The van der Waals surface area contributed by atoms with Gasteiger partial charge >= 0.3 is 0 Å². The molecule has 1 saturated heterocycles. The number of ether oxygens (including phenoxy) is 2.